The van der Waals surface area contributed by atoms with Gasteiger partial charge in [-0.05, 0) is 31.9 Å². The molecule has 2 unspecified atom stereocenters. The number of aromatic nitrogens is 1. The summed E-state index contributed by atoms with van der Waals surface area (Å²) in [6.07, 6.45) is -0.163. The number of aryl methyl sites for hydroxylation is 1. The molecule has 3 aliphatic heterocycles. The van der Waals surface area contributed by atoms with Crippen LogP contribution in [0.5, 0.6) is 0 Å². The Labute approximate surface area is 170 Å². The first-order valence-corrected chi connectivity index (χ1v) is 9.94. The molecular weight excluding hydrogens is 395 g/mol. The molecule has 3 aliphatic rings. The molecule has 0 bridgehead atoms. The third kappa shape index (κ3) is 2.31. The maximum Gasteiger partial charge on any atom is 0.328 e. The number of nitrogens with zero attached hydrogens (tertiary/aromatic N) is 2. The highest BCUT2D eigenvalue weighted by Gasteiger charge is 2.63. The van der Waals surface area contributed by atoms with Crippen molar-refractivity contribution in [1.82, 2.24) is 15.8 Å². The van der Waals surface area contributed by atoms with Crippen molar-refractivity contribution in [1.29, 1.82) is 0 Å². The third-order valence-corrected chi connectivity index (χ3v) is 6.51. The second kappa shape index (κ2) is 6.24. The third-order valence-electron chi connectivity index (χ3n) is 6.51. The summed E-state index contributed by atoms with van der Waals surface area (Å²) in [5.41, 5.74) is -0.297. The van der Waals surface area contributed by atoms with E-state index in [1.54, 1.807) is 24.8 Å². The van der Waals surface area contributed by atoms with Crippen molar-refractivity contribution in [3.63, 3.8) is 0 Å². The Kier molecular flexibility index (Phi) is 3.95. The average molecular weight is 416 g/mol. The number of carbonyl (C=O) groups excluding carboxylic acids is 3. The van der Waals surface area contributed by atoms with Gasteiger partial charge in [-0.15, -0.1) is 0 Å². The minimum absolute atomic E-state index is 0.0425. The molecule has 158 valence electrons. The van der Waals surface area contributed by atoms with Gasteiger partial charge in [0.05, 0.1) is 29.6 Å². The van der Waals surface area contributed by atoms with Gasteiger partial charge in [-0.2, -0.15) is 0 Å². The Morgan fingerprint density at radius 1 is 1.30 bits per heavy atom. The summed E-state index contributed by atoms with van der Waals surface area (Å²) in [5.74, 6) is -1.98. The number of halogens is 1. The molecule has 1 spiro atoms. The lowest BCUT2D eigenvalue weighted by atomic mass is 9.66. The summed E-state index contributed by atoms with van der Waals surface area (Å²) in [5, 5.41) is 8.79. The van der Waals surface area contributed by atoms with Gasteiger partial charge in [-0.1, -0.05) is 12.1 Å². The molecule has 0 aliphatic carbocycles. The van der Waals surface area contributed by atoms with Gasteiger partial charge in [0.25, 0.3) is 0 Å². The first-order valence-electron chi connectivity index (χ1n) is 9.94. The molecule has 0 radical (unpaired) electrons. The quantitative estimate of drug-likeness (QED) is 0.678. The average Bonchev–Trinajstić information content (AvgIpc) is 3.06. The summed E-state index contributed by atoms with van der Waals surface area (Å²) < 4.78 is 26.9. The van der Waals surface area contributed by atoms with Crippen molar-refractivity contribution in [3.05, 3.63) is 23.1 Å². The van der Waals surface area contributed by atoms with Crippen molar-refractivity contribution in [2.24, 2.45) is 5.41 Å². The highest BCUT2D eigenvalue weighted by Crippen LogP contribution is 2.49. The SMILES string of the molecule is CCC1CN2c3c(cc4c(C)noc4c3F)CC3(C(=O)NC(=O)NC3=O)[C@@H]2C(C)O1. The van der Waals surface area contributed by atoms with Gasteiger partial charge in [0.2, 0.25) is 17.4 Å². The first-order chi connectivity index (χ1) is 14.3. The number of benzene rings is 1. The van der Waals surface area contributed by atoms with Gasteiger partial charge < -0.3 is 14.2 Å². The minimum Gasteiger partial charge on any atom is -0.371 e. The molecule has 5 rings (SSSR count). The Morgan fingerprint density at radius 2 is 2.00 bits per heavy atom. The molecule has 30 heavy (non-hydrogen) atoms. The van der Waals surface area contributed by atoms with Gasteiger partial charge >= 0.3 is 6.03 Å². The predicted octanol–water partition coefficient (Wildman–Crippen LogP) is 1.56. The zero-order chi connectivity index (χ0) is 21.4. The molecule has 2 fully saturated rings. The number of fused-ring (bicyclic) bond motifs is 5. The van der Waals surface area contributed by atoms with E-state index in [0.717, 1.165) is 0 Å². The van der Waals surface area contributed by atoms with E-state index in [-0.39, 0.29) is 18.1 Å². The van der Waals surface area contributed by atoms with Crippen LogP contribution in [0.3, 0.4) is 0 Å². The zero-order valence-corrected chi connectivity index (χ0v) is 16.7. The number of hydrogen-bond acceptors (Lipinski definition) is 7. The molecule has 2 saturated heterocycles. The van der Waals surface area contributed by atoms with Crippen LogP contribution in [-0.4, -0.2) is 47.8 Å². The van der Waals surface area contributed by atoms with E-state index in [4.69, 9.17) is 9.26 Å². The summed E-state index contributed by atoms with van der Waals surface area (Å²) >= 11 is 0. The van der Waals surface area contributed by atoms with Crippen LogP contribution >= 0.6 is 0 Å². The second-order valence-electron chi connectivity index (χ2n) is 8.20. The number of hydrogen-bond donors (Lipinski definition) is 2. The van der Waals surface area contributed by atoms with E-state index in [1.807, 2.05) is 6.92 Å². The van der Waals surface area contributed by atoms with Gasteiger partial charge in [-0.3, -0.25) is 20.2 Å². The second-order valence-corrected chi connectivity index (χ2v) is 8.20. The zero-order valence-electron chi connectivity index (χ0n) is 16.7. The number of imide groups is 2. The highest BCUT2D eigenvalue weighted by molar-refractivity contribution is 6.20. The largest absolute Gasteiger partial charge is 0.371 e. The highest BCUT2D eigenvalue weighted by atomic mass is 19.1. The summed E-state index contributed by atoms with van der Waals surface area (Å²) in [6, 6.07) is 0.0625. The maximum absolute atomic E-state index is 15.6. The predicted molar refractivity (Wildman–Crippen MR) is 102 cm³/mol. The van der Waals surface area contributed by atoms with Crippen molar-refractivity contribution >= 4 is 34.5 Å². The van der Waals surface area contributed by atoms with Crippen molar-refractivity contribution < 1.29 is 28.0 Å². The summed E-state index contributed by atoms with van der Waals surface area (Å²) in [7, 11) is 0. The number of carbonyl (C=O) groups is 3. The van der Waals surface area contributed by atoms with E-state index in [9.17, 15) is 14.4 Å². The van der Waals surface area contributed by atoms with Gasteiger partial charge in [-0.25, -0.2) is 9.18 Å². The monoisotopic (exact) mass is 416 g/mol. The van der Waals surface area contributed by atoms with Gasteiger partial charge in [0, 0.05) is 18.4 Å². The number of urea groups is 1. The number of ether oxygens (including phenoxy) is 1. The number of amides is 4. The molecule has 2 N–H and O–H groups in total. The van der Waals surface area contributed by atoms with Gasteiger partial charge in [0.15, 0.2) is 11.2 Å². The van der Waals surface area contributed by atoms with Crippen LogP contribution in [0.15, 0.2) is 10.6 Å². The minimum atomic E-state index is -1.63. The number of morpholine rings is 1. The van der Waals surface area contributed by atoms with Crippen LogP contribution < -0.4 is 15.5 Å². The van der Waals surface area contributed by atoms with Crippen LogP contribution in [-0.2, 0) is 20.7 Å². The standard InChI is InChI=1S/C20H21FN4O5/c1-4-11-7-25-14-10(5-12-8(2)24-30-15(12)13(14)21)6-20(16(25)9(3)29-11)17(26)22-19(28)23-18(20)27/h5,9,11,16H,4,6-7H2,1-3H3,(H2,22,23,26,27,28)/t9?,11?,16-/m0/s1. The van der Waals surface area contributed by atoms with Crippen LogP contribution in [0.25, 0.3) is 11.0 Å². The Morgan fingerprint density at radius 3 is 2.67 bits per heavy atom. The number of nitrogens with one attached hydrogen (secondary N) is 2. The van der Waals surface area contributed by atoms with Crippen molar-refractivity contribution in [2.75, 3.05) is 11.4 Å². The molecule has 0 saturated carbocycles. The number of anilines is 1. The fraction of sp³-hybridized carbons (Fsp3) is 0.500. The van der Waals surface area contributed by atoms with Crippen molar-refractivity contribution in [2.45, 2.75) is 51.9 Å². The molecule has 1 aromatic heterocycles. The molecule has 4 amide bonds. The molecule has 10 heteroatoms. The van der Waals surface area contributed by atoms with Crippen LogP contribution in [0, 0.1) is 18.2 Å². The fourth-order valence-corrected chi connectivity index (χ4v) is 5.17. The van der Waals surface area contributed by atoms with Crippen LogP contribution in [0.4, 0.5) is 14.9 Å². The van der Waals surface area contributed by atoms with E-state index < -0.39 is 41.2 Å². The molecule has 2 aromatic rings. The molecule has 9 nitrogen and oxygen atoms in total. The Hall–Kier alpha value is -3.01. The maximum atomic E-state index is 15.6. The lowest BCUT2D eigenvalue weighted by molar-refractivity contribution is -0.154. The lowest BCUT2D eigenvalue weighted by Crippen LogP contribution is -2.75. The topological polar surface area (TPSA) is 114 Å². The van der Waals surface area contributed by atoms with E-state index >= 15 is 4.39 Å². The Balaban J connectivity index is 1.78. The van der Waals surface area contributed by atoms with E-state index in [2.05, 4.69) is 15.8 Å². The van der Waals surface area contributed by atoms with Gasteiger partial charge in [0.1, 0.15) is 0 Å². The molecular formula is C20H21FN4O5. The molecule has 3 atom stereocenters. The van der Waals surface area contributed by atoms with Crippen molar-refractivity contribution in [3.8, 4) is 0 Å². The van der Waals surface area contributed by atoms with E-state index in [0.29, 0.717) is 35.3 Å². The molecule has 1 aromatic carbocycles. The number of rotatable bonds is 1. The fourth-order valence-electron chi connectivity index (χ4n) is 5.17. The van der Waals surface area contributed by atoms with Crippen LogP contribution in [0.1, 0.15) is 31.5 Å². The smallest absolute Gasteiger partial charge is 0.328 e. The normalized spacial score (nSPS) is 27.7. The van der Waals surface area contributed by atoms with Crippen LogP contribution in [0.2, 0.25) is 0 Å². The number of barbiturate groups is 1. The Bertz CT molecular complexity index is 1090. The molecule has 4 heterocycles. The summed E-state index contributed by atoms with van der Waals surface area (Å²) in [6.45, 7) is 5.71. The summed E-state index contributed by atoms with van der Waals surface area (Å²) in [4.78, 5) is 39.7. The lowest BCUT2D eigenvalue weighted by Gasteiger charge is -2.55. The first kappa shape index (κ1) is 19.0. The van der Waals surface area contributed by atoms with E-state index in [1.165, 1.54) is 0 Å².